The molecule has 0 bridgehead atoms. The lowest BCUT2D eigenvalue weighted by Gasteiger charge is -2.36. The van der Waals surface area contributed by atoms with Crippen LogP contribution in [0.2, 0.25) is 0 Å². The van der Waals surface area contributed by atoms with Gasteiger partial charge in [0.25, 0.3) is 5.91 Å². The molecule has 3 rings (SSSR count). The van der Waals surface area contributed by atoms with Gasteiger partial charge in [-0.2, -0.15) is 0 Å². The molecule has 5 nitrogen and oxygen atoms in total. The van der Waals surface area contributed by atoms with Crippen LogP contribution < -0.4 is 15.0 Å². The lowest BCUT2D eigenvalue weighted by atomic mass is 10.2. The van der Waals surface area contributed by atoms with Crippen LogP contribution in [0.4, 0.5) is 15.8 Å². The van der Waals surface area contributed by atoms with Gasteiger partial charge in [0.05, 0.1) is 11.4 Å². The molecule has 0 aliphatic carbocycles. The number of piperazine rings is 1. The number of likely N-dealkylation sites (N-methyl/N-ethyl adjacent to an activating group) is 1. The van der Waals surface area contributed by atoms with Gasteiger partial charge >= 0.3 is 0 Å². The van der Waals surface area contributed by atoms with Crippen molar-refractivity contribution in [2.24, 2.45) is 0 Å². The molecule has 2 aromatic rings. The highest BCUT2D eigenvalue weighted by Gasteiger charge is 2.18. The van der Waals surface area contributed by atoms with E-state index in [9.17, 15) is 9.18 Å². The number of rotatable bonds is 6. The SMILES string of the molecule is CCN1CCN(c2ccccc2NC(=O)COc2ccc(F)cc2)CC1. The summed E-state index contributed by atoms with van der Waals surface area (Å²) in [5.41, 5.74) is 1.81. The monoisotopic (exact) mass is 357 g/mol. The Balaban J connectivity index is 1.59. The summed E-state index contributed by atoms with van der Waals surface area (Å²) >= 11 is 0. The van der Waals surface area contributed by atoms with E-state index >= 15 is 0 Å². The van der Waals surface area contributed by atoms with Gasteiger partial charge in [-0.25, -0.2) is 4.39 Å². The maximum Gasteiger partial charge on any atom is 0.262 e. The lowest BCUT2D eigenvalue weighted by molar-refractivity contribution is -0.118. The number of nitrogens with zero attached hydrogens (tertiary/aromatic N) is 2. The van der Waals surface area contributed by atoms with E-state index in [1.165, 1.54) is 24.3 Å². The van der Waals surface area contributed by atoms with Crippen molar-refractivity contribution in [3.8, 4) is 5.75 Å². The smallest absolute Gasteiger partial charge is 0.262 e. The molecular weight excluding hydrogens is 333 g/mol. The molecule has 1 fully saturated rings. The number of ether oxygens (including phenoxy) is 1. The van der Waals surface area contributed by atoms with Gasteiger partial charge in [0.15, 0.2) is 6.61 Å². The molecule has 1 amide bonds. The molecule has 0 radical (unpaired) electrons. The number of carbonyl (C=O) groups is 1. The van der Waals surface area contributed by atoms with Crippen LogP contribution in [0.5, 0.6) is 5.75 Å². The number of hydrogen-bond donors (Lipinski definition) is 1. The minimum atomic E-state index is -0.334. The third kappa shape index (κ3) is 4.73. The van der Waals surface area contributed by atoms with Crippen molar-refractivity contribution in [1.29, 1.82) is 0 Å². The molecule has 1 aliphatic rings. The highest BCUT2D eigenvalue weighted by molar-refractivity contribution is 5.95. The van der Waals surface area contributed by atoms with Gasteiger partial charge in [0.2, 0.25) is 0 Å². The van der Waals surface area contributed by atoms with Gasteiger partial charge in [-0.15, -0.1) is 0 Å². The summed E-state index contributed by atoms with van der Waals surface area (Å²) in [7, 11) is 0. The minimum Gasteiger partial charge on any atom is -0.484 e. The molecule has 0 saturated carbocycles. The van der Waals surface area contributed by atoms with Crippen LogP contribution in [0.1, 0.15) is 6.92 Å². The average molecular weight is 357 g/mol. The molecular formula is C20H24FN3O2. The standard InChI is InChI=1S/C20H24FN3O2/c1-2-23-11-13-24(14-12-23)19-6-4-3-5-18(19)22-20(25)15-26-17-9-7-16(21)8-10-17/h3-10H,2,11-15H2,1H3,(H,22,25). The Hall–Kier alpha value is -2.60. The van der Waals surface area contributed by atoms with Crippen LogP contribution in [-0.4, -0.2) is 50.1 Å². The Labute approximate surface area is 153 Å². The van der Waals surface area contributed by atoms with Crippen molar-refractivity contribution in [1.82, 2.24) is 4.90 Å². The van der Waals surface area contributed by atoms with E-state index < -0.39 is 0 Å². The molecule has 1 saturated heterocycles. The molecule has 1 heterocycles. The Morgan fingerprint density at radius 2 is 1.77 bits per heavy atom. The fraction of sp³-hybridized carbons (Fsp3) is 0.350. The van der Waals surface area contributed by atoms with Gasteiger partial charge in [-0.3, -0.25) is 4.79 Å². The number of halogens is 1. The molecule has 0 aromatic heterocycles. The first-order valence-corrected chi connectivity index (χ1v) is 8.90. The third-order valence-electron chi connectivity index (χ3n) is 4.52. The molecule has 1 aliphatic heterocycles. The zero-order valence-electron chi connectivity index (χ0n) is 15.0. The largest absolute Gasteiger partial charge is 0.484 e. The topological polar surface area (TPSA) is 44.8 Å². The van der Waals surface area contributed by atoms with Gasteiger partial charge in [-0.1, -0.05) is 19.1 Å². The first-order valence-electron chi connectivity index (χ1n) is 8.90. The quantitative estimate of drug-likeness (QED) is 0.863. The zero-order valence-corrected chi connectivity index (χ0v) is 15.0. The highest BCUT2D eigenvalue weighted by atomic mass is 19.1. The Kier molecular flexibility index (Phi) is 6.07. The predicted octanol–water partition coefficient (Wildman–Crippen LogP) is 2.99. The second kappa shape index (κ2) is 8.67. The molecule has 138 valence electrons. The van der Waals surface area contributed by atoms with Gasteiger partial charge in [0, 0.05) is 26.2 Å². The van der Waals surface area contributed by atoms with E-state index in [0.29, 0.717) is 5.75 Å². The van der Waals surface area contributed by atoms with E-state index in [1.807, 2.05) is 24.3 Å². The second-order valence-corrected chi connectivity index (χ2v) is 6.23. The van der Waals surface area contributed by atoms with E-state index in [4.69, 9.17) is 4.74 Å². The number of hydrogen-bond acceptors (Lipinski definition) is 4. The van der Waals surface area contributed by atoms with Crippen molar-refractivity contribution >= 4 is 17.3 Å². The van der Waals surface area contributed by atoms with Crippen LogP contribution in [0.25, 0.3) is 0 Å². The zero-order chi connectivity index (χ0) is 18.4. The van der Waals surface area contributed by atoms with Crippen LogP contribution in [0, 0.1) is 5.82 Å². The Bertz CT molecular complexity index is 728. The second-order valence-electron chi connectivity index (χ2n) is 6.23. The summed E-state index contributed by atoms with van der Waals surface area (Å²) < 4.78 is 18.3. The summed E-state index contributed by atoms with van der Waals surface area (Å²) in [5, 5.41) is 2.92. The van der Waals surface area contributed by atoms with E-state index in [2.05, 4.69) is 22.0 Å². The van der Waals surface area contributed by atoms with Gasteiger partial charge in [0.1, 0.15) is 11.6 Å². The molecule has 6 heteroatoms. The molecule has 0 unspecified atom stereocenters. The molecule has 0 atom stereocenters. The average Bonchev–Trinajstić information content (AvgIpc) is 2.68. The first-order chi connectivity index (χ1) is 12.7. The number of benzene rings is 2. The maximum absolute atomic E-state index is 12.9. The first kappa shape index (κ1) is 18.2. The highest BCUT2D eigenvalue weighted by Crippen LogP contribution is 2.26. The van der Waals surface area contributed by atoms with Crippen LogP contribution >= 0.6 is 0 Å². The maximum atomic E-state index is 12.9. The lowest BCUT2D eigenvalue weighted by Crippen LogP contribution is -2.46. The summed E-state index contributed by atoms with van der Waals surface area (Å²) in [5.74, 6) is -0.113. The number of amides is 1. The molecule has 1 N–H and O–H groups in total. The van der Waals surface area contributed by atoms with E-state index in [1.54, 1.807) is 0 Å². The van der Waals surface area contributed by atoms with E-state index in [-0.39, 0.29) is 18.3 Å². The minimum absolute atomic E-state index is 0.121. The normalized spacial score (nSPS) is 14.9. The van der Waals surface area contributed by atoms with Crippen LogP contribution in [0.3, 0.4) is 0 Å². The van der Waals surface area contributed by atoms with Gasteiger partial charge < -0.3 is 19.9 Å². The number of para-hydroxylation sites is 2. The molecule has 2 aromatic carbocycles. The fourth-order valence-electron chi connectivity index (χ4n) is 3.03. The van der Waals surface area contributed by atoms with Crippen molar-refractivity contribution in [3.05, 3.63) is 54.3 Å². The van der Waals surface area contributed by atoms with E-state index in [0.717, 1.165) is 44.1 Å². The van der Waals surface area contributed by atoms with Gasteiger partial charge in [-0.05, 0) is 42.9 Å². The summed E-state index contributed by atoms with van der Waals surface area (Å²) in [4.78, 5) is 17.0. The molecule has 26 heavy (non-hydrogen) atoms. The van der Waals surface area contributed by atoms with Crippen LogP contribution in [0.15, 0.2) is 48.5 Å². The van der Waals surface area contributed by atoms with Crippen LogP contribution in [-0.2, 0) is 4.79 Å². The van der Waals surface area contributed by atoms with Crippen molar-refractivity contribution in [3.63, 3.8) is 0 Å². The fourth-order valence-corrected chi connectivity index (χ4v) is 3.03. The molecule has 0 spiro atoms. The number of nitrogens with one attached hydrogen (secondary N) is 1. The third-order valence-corrected chi connectivity index (χ3v) is 4.52. The van der Waals surface area contributed by atoms with Crippen molar-refractivity contribution in [2.75, 3.05) is 49.5 Å². The predicted molar refractivity (Wildman–Crippen MR) is 101 cm³/mol. The summed E-state index contributed by atoms with van der Waals surface area (Å²) in [6, 6.07) is 13.4. The number of anilines is 2. The number of carbonyl (C=O) groups excluding carboxylic acids is 1. The Morgan fingerprint density at radius 1 is 1.08 bits per heavy atom. The Morgan fingerprint density at radius 3 is 2.46 bits per heavy atom. The summed E-state index contributed by atoms with van der Waals surface area (Å²) in [6.45, 7) is 7.03. The van der Waals surface area contributed by atoms with Crippen molar-refractivity contribution < 1.29 is 13.9 Å². The summed E-state index contributed by atoms with van der Waals surface area (Å²) in [6.07, 6.45) is 0. The van der Waals surface area contributed by atoms with Crippen molar-refractivity contribution in [2.45, 2.75) is 6.92 Å².